The molecule has 0 spiro atoms. The van der Waals surface area contributed by atoms with Crippen LogP contribution in [0.5, 0.6) is 0 Å². The molecule has 5 rings (SSSR count). The number of thiophene rings is 1. The van der Waals surface area contributed by atoms with Crippen LogP contribution in [0.1, 0.15) is 26.4 Å². The molecular formula is C25H21N3O2S2. The lowest BCUT2D eigenvalue weighted by Crippen LogP contribution is -2.22. The monoisotopic (exact) mass is 459 g/mol. The van der Waals surface area contributed by atoms with Crippen LogP contribution in [0.4, 0.5) is 0 Å². The van der Waals surface area contributed by atoms with Gasteiger partial charge in [0.05, 0.1) is 16.8 Å². The maximum Gasteiger partial charge on any atom is 0.267 e. The summed E-state index contributed by atoms with van der Waals surface area (Å²) in [6.07, 6.45) is 1.75. The average molecular weight is 460 g/mol. The van der Waals surface area contributed by atoms with Gasteiger partial charge in [0.15, 0.2) is 10.9 Å². The quantitative estimate of drug-likeness (QED) is 0.204. The molecule has 0 atom stereocenters. The summed E-state index contributed by atoms with van der Waals surface area (Å²) in [4.78, 5) is 36.4. The zero-order valence-corrected chi connectivity index (χ0v) is 19.6. The van der Waals surface area contributed by atoms with Crippen molar-refractivity contribution in [2.45, 2.75) is 25.9 Å². The smallest absolute Gasteiger partial charge is 0.267 e. The van der Waals surface area contributed by atoms with Gasteiger partial charge in [-0.3, -0.25) is 14.2 Å². The van der Waals surface area contributed by atoms with Gasteiger partial charge in [0.25, 0.3) is 5.56 Å². The Hall–Kier alpha value is -3.16. The Morgan fingerprint density at radius 1 is 1.12 bits per heavy atom. The fourth-order valence-electron chi connectivity index (χ4n) is 3.88. The molecule has 3 aromatic heterocycles. The van der Waals surface area contributed by atoms with E-state index in [0.29, 0.717) is 16.1 Å². The standard InChI is InChI=1S/C25H21N3O2S2/c1-14-7-6-8-17(11-14)28-24(30)22-15(2)16(3)32-23(22)27-25(28)31-13-21(29)19-12-26-20-10-5-4-9-18(19)20/h4-12,26H,13H2,1-3H3. The van der Waals surface area contributed by atoms with Crippen LogP contribution in [0.3, 0.4) is 0 Å². The lowest BCUT2D eigenvalue weighted by Gasteiger charge is -2.12. The van der Waals surface area contributed by atoms with Crippen LogP contribution in [0.2, 0.25) is 0 Å². The third-order valence-electron chi connectivity index (χ3n) is 5.65. The van der Waals surface area contributed by atoms with Gasteiger partial charge >= 0.3 is 0 Å². The van der Waals surface area contributed by atoms with Crippen LogP contribution in [0.15, 0.2) is 64.7 Å². The van der Waals surface area contributed by atoms with Gasteiger partial charge in [-0.1, -0.05) is 42.1 Å². The van der Waals surface area contributed by atoms with Crippen molar-refractivity contribution in [1.29, 1.82) is 0 Å². The molecule has 0 aliphatic heterocycles. The SMILES string of the molecule is Cc1cccc(-n2c(SCC(=O)c3c[nH]c4ccccc34)nc3sc(C)c(C)c3c2=O)c1. The summed E-state index contributed by atoms with van der Waals surface area (Å²) >= 11 is 2.82. The second-order valence-electron chi connectivity index (χ2n) is 7.80. The number of ketones is 1. The number of aromatic amines is 1. The highest BCUT2D eigenvalue weighted by Gasteiger charge is 2.20. The van der Waals surface area contributed by atoms with E-state index in [2.05, 4.69) is 4.98 Å². The minimum Gasteiger partial charge on any atom is -0.360 e. The first-order chi connectivity index (χ1) is 15.4. The van der Waals surface area contributed by atoms with Crippen LogP contribution in [0.25, 0.3) is 26.8 Å². The second-order valence-corrected chi connectivity index (χ2v) is 9.94. The van der Waals surface area contributed by atoms with Crippen molar-refractivity contribution in [2.75, 3.05) is 5.75 Å². The number of para-hydroxylation sites is 1. The summed E-state index contributed by atoms with van der Waals surface area (Å²) < 4.78 is 1.64. The van der Waals surface area contributed by atoms with Gasteiger partial charge < -0.3 is 4.98 Å². The van der Waals surface area contributed by atoms with E-state index in [4.69, 9.17) is 4.98 Å². The van der Waals surface area contributed by atoms with Gasteiger partial charge in [0, 0.05) is 27.5 Å². The van der Waals surface area contributed by atoms with Crippen molar-refractivity contribution in [1.82, 2.24) is 14.5 Å². The van der Waals surface area contributed by atoms with Crippen molar-refractivity contribution < 1.29 is 4.79 Å². The summed E-state index contributed by atoms with van der Waals surface area (Å²) in [5, 5.41) is 2.09. The summed E-state index contributed by atoms with van der Waals surface area (Å²) in [5.74, 6) is 0.186. The fourth-order valence-corrected chi connectivity index (χ4v) is 5.84. The number of carbonyl (C=O) groups is 1. The lowest BCUT2D eigenvalue weighted by atomic mass is 10.1. The van der Waals surface area contributed by atoms with E-state index < -0.39 is 0 Å². The molecule has 32 heavy (non-hydrogen) atoms. The number of H-pyrrole nitrogens is 1. The van der Waals surface area contributed by atoms with Crippen molar-refractivity contribution in [3.05, 3.63) is 86.6 Å². The normalized spacial score (nSPS) is 11.5. The maximum atomic E-state index is 13.6. The third kappa shape index (κ3) is 3.47. The third-order valence-corrected chi connectivity index (χ3v) is 7.69. The highest BCUT2D eigenvalue weighted by atomic mass is 32.2. The van der Waals surface area contributed by atoms with E-state index >= 15 is 0 Å². The first-order valence-electron chi connectivity index (χ1n) is 10.3. The molecule has 0 saturated heterocycles. The molecule has 0 fully saturated rings. The molecule has 0 unspecified atom stereocenters. The van der Waals surface area contributed by atoms with Gasteiger partial charge in [-0.25, -0.2) is 4.98 Å². The number of Topliss-reactive ketones (excluding diaryl/α,β-unsaturated/α-hetero) is 1. The summed E-state index contributed by atoms with van der Waals surface area (Å²) in [7, 11) is 0. The molecular weight excluding hydrogens is 438 g/mol. The lowest BCUT2D eigenvalue weighted by molar-refractivity contribution is 0.102. The molecule has 7 heteroatoms. The Morgan fingerprint density at radius 2 is 1.94 bits per heavy atom. The zero-order chi connectivity index (χ0) is 22.4. The van der Waals surface area contributed by atoms with E-state index in [-0.39, 0.29) is 17.1 Å². The van der Waals surface area contributed by atoms with Crippen LogP contribution in [0, 0.1) is 20.8 Å². The van der Waals surface area contributed by atoms with Gasteiger partial charge in [0.2, 0.25) is 0 Å². The summed E-state index contributed by atoms with van der Waals surface area (Å²) in [6, 6.07) is 15.5. The summed E-state index contributed by atoms with van der Waals surface area (Å²) in [6.45, 7) is 5.96. The van der Waals surface area contributed by atoms with Crippen LogP contribution < -0.4 is 5.56 Å². The molecule has 0 amide bonds. The predicted octanol–water partition coefficient (Wildman–Crippen LogP) is 5.83. The molecule has 0 aliphatic carbocycles. The van der Waals surface area contributed by atoms with Crippen molar-refractivity contribution >= 4 is 50.0 Å². The highest BCUT2D eigenvalue weighted by Crippen LogP contribution is 2.30. The maximum absolute atomic E-state index is 13.6. The first-order valence-corrected chi connectivity index (χ1v) is 12.1. The van der Waals surface area contributed by atoms with E-state index in [1.807, 2.05) is 69.3 Å². The van der Waals surface area contributed by atoms with E-state index in [9.17, 15) is 9.59 Å². The minimum absolute atomic E-state index is 0.00358. The number of hydrogen-bond donors (Lipinski definition) is 1. The number of carbonyl (C=O) groups excluding carboxylic acids is 1. The second kappa shape index (κ2) is 8.07. The average Bonchev–Trinajstić information content (AvgIpc) is 3.33. The Balaban J connectivity index is 1.59. The van der Waals surface area contributed by atoms with E-state index in [0.717, 1.165) is 37.4 Å². The van der Waals surface area contributed by atoms with Crippen molar-refractivity contribution in [2.24, 2.45) is 0 Å². The number of nitrogens with one attached hydrogen (secondary N) is 1. The number of thioether (sulfide) groups is 1. The molecule has 0 bridgehead atoms. The molecule has 3 heterocycles. The highest BCUT2D eigenvalue weighted by molar-refractivity contribution is 7.99. The topological polar surface area (TPSA) is 67.8 Å². The molecule has 0 aliphatic rings. The molecule has 0 radical (unpaired) electrons. The van der Waals surface area contributed by atoms with Gasteiger partial charge in [-0.05, 0) is 50.1 Å². The van der Waals surface area contributed by atoms with Gasteiger partial charge in [0.1, 0.15) is 4.83 Å². The van der Waals surface area contributed by atoms with Gasteiger partial charge in [-0.15, -0.1) is 11.3 Å². The Morgan fingerprint density at radius 3 is 2.75 bits per heavy atom. The minimum atomic E-state index is -0.0931. The molecule has 5 nitrogen and oxygen atoms in total. The van der Waals surface area contributed by atoms with Crippen LogP contribution in [-0.2, 0) is 0 Å². The molecule has 0 saturated carbocycles. The number of aromatic nitrogens is 3. The Labute approximate surface area is 193 Å². The molecule has 160 valence electrons. The van der Waals surface area contributed by atoms with Gasteiger partial charge in [-0.2, -0.15) is 0 Å². The van der Waals surface area contributed by atoms with Crippen molar-refractivity contribution in [3.8, 4) is 5.69 Å². The largest absolute Gasteiger partial charge is 0.360 e. The molecule has 1 N–H and O–H groups in total. The van der Waals surface area contributed by atoms with E-state index in [1.165, 1.54) is 23.1 Å². The number of aryl methyl sites for hydroxylation is 3. The Bertz CT molecular complexity index is 1560. The van der Waals surface area contributed by atoms with E-state index in [1.54, 1.807) is 10.8 Å². The zero-order valence-electron chi connectivity index (χ0n) is 17.9. The molecule has 5 aromatic rings. The van der Waals surface area contributed by atoms with Crippen molar-refractivity contribution in [3.63, 3.8) is 0 Å². The number of nitrogens with zero attached hydrogens (tertiary/aromatic N) is 2. The molecule has 2 aromatic carbocycles. The number of fused-ring (bicyclic) bond motifs is 2. The predicted molar refractivity (Wildman–Crippen MR) is 133 cm³/mol. The van der Waals surface area contributed by atoms with Crippen LogP contribution >= 0.6 is 23.1 Å². The fraction of sp³-hybridized carbons (Fsp3) is 0.160. The number of benzene rings is 2. The first kappa shape index (κ1) is 20.7. The van der Waals surface area contributed by atoms with Crippen LogP contribution in [-0.4, -0.2) is 26.1 Å². The number of rotatable bonds is 5. The number of hydrogen-bond acceptors (Lipinski definition) is 5. The Kier molecular flexibility index (Phi) is 5.23. The summed E-state index contributed by atoms with van der Waals surface area (Å²) in [5.41, 5.74) is 4.27.